The Morgan fingerprint density at radius 3 is 2.12 bits per heavy atom. The summed E-state index contributed by atoms with van der Waals surface area (Å²) in [6.07, 6.45) is 0. The Bertz CT molecular complexity index is 76.9. The summed E-state index contributed by atoms with van der Waals surface area (Å²) < 4.78 is 0. The van der Waals surface area contributed by atoms with Crippen LogP contribution in [0.5, 0.6) is 0 Å². The molecule has 45 valence electrons. The molecule has 0 unspecified atom stereocenters. The Labute approximate surface area is 65.5 Å². The van der Waals surface area contributed by atoms with Gasteiger partial charge in [-0.3, -0.25) is 4.79 Å². The molecule has 0 spiro atoms. The summed E-state index contributed by atoms with van der Waals surface area (Å²) in [6, 6.07) is -1.13. The Hall–Kier alpha value is 0.260. The molecule has 8 heavy (non-hydrogen) atoms. The van der Waals surface area contributed by atoms with Crippen LogP contribution in [0.4, 0.5) is 0 Å². The maximum Gasteiger partial charge on any atom is 0.322 e. The summed E-state index contributed by atoms with van der Waals surface area (Å²) in [7, 11) is 0. The van der Waals surface area contributed by atoms with Crippen molar-refractivity contribution in [1.82, 2.24) is 0 Å². The predicted octanol–water partition coefficient (Wildman–Crippen LogP) is -1.99. The van der Waals surface area contributed by atoms with Gasteiger partial charge in [0, 0.05) is 25.8 Å². The van der Waals surface area contributed by atoms with Gasteiger partial charge in [0.25, 0.3) is 0 Å². The molecule has 0 amide bonds. The third kappa shape index (κ3) is 4.42. The van der Waals surface area contributed by atoms with Crippen LogP contribution >= 0.6 is 0 Å². The zero-order chi connectivity index (χ0) is 5.86. The van der Waals surface area contributed by atoms with Crippen LogP contribution in [0.2, 0.25) is 0 Å². The number of carboxylic acid groups (broad SMARTS) is 1. The van der Waals surface area contributed by atoms with E-state index in [1.54, 1.807) is 0 Å². The molecule has 0 aliphatic rings. The average molecular weight is 220 g/mol. The number of rotatable bonds is 2. The number of nitrogens with two attached hydrogens (primary N) is 1. The maximum absolute atomic E-state index is 9.65. The molecule has 0 saturated heterocycles. The smallest absolute Gasteiger partial charge is 0.322 e. The monoisotopic (exact) mass is 220 g/mol. The van der Waals surface area contributed by atoms with Crippen LogP contribution in [0.15, 0.2) is 0 Å². The van der Waals surface area contributed by atoms with Crippen molar-refractivity contribution in [1.29, 1.82) is 0 Å². The molecule has 0 heterocycles. The molecule has 0 aliphatic heterocycles. The van der Waals surface area contributed by atoms with Gasteiger partial charge in [-0.1, -0.05) is 0 Å². The number of carboxylic acids is 1. The number of hydrogen-bond acceptors (Lipinski definition) is 3. The molecule has 5 heteroatoms. The Morgan fingerprint density at radius 1 is 1.75 bits per heavy atom. The molecule has 0 aromatic heterocycles. The van der Waals surface area contributed by atoms with E-state index in [1.807, 2.05) is 0 Å². The van der Waals surface area contributed by atoms with Gasteiger partial charge in [-0.05, 0) is 0 Å². The molecule has 3 radical (unpaired) electrons. The first-order chi connectivity index (χ1) is 3.18. The summed E-state index contributed by atoms with van der Waals surface area (Å²) in [5.74, 6) is -1.18. The van der Waals surface area contributed by atoms with Crippen molar-refractivity contribution in [3.05, 3.63) is 0 Å². The van der Waals surface area contributed by atoms with Gasteiger partial charge in [-0.25, -0.2) is 0 Å². The van der Waals surface area contributed by atoms with E-state index >= 15 is 0 Å². The van der Waals surface area contributed by atoms with E-state index in [9.17, 15) is 4.79 Å². The summed E-state index contributed by atoms with van der Waals surface area (Å²) in [4.78, 5) is 9.65. The van der Waals surface area contributed by atoms with Gasteiger partial charge in [0.05, 0.1) is 6.61 Å². The molecule has 0 rings (SSSR count). The van der Waals surface area contributed by atoms with Crippen molar-refractivity contribution in [3.8, 4) is 0 Å². The first-order valence-corrected chi connectivity index (χ1v) is 1.77. The summed E-state index contributed by atoms with van der Waals surface area (Å²) >= 11 is 0. The maximum atomic E-state index is 9.65. The van der Waals surface area contributed by atoms with Crippen molar-refractivity contribution in [3.63, 3.8) is 0 Å². The van der Waals surface area contributed by atoms with Crippen LogP contribution in [0.1, 0.15) is 0 Å². The molecule has 1 atom stereocenters. The average Bonchev–Trinajstić information content (AvgIpc) is 1.65. The fourth-order valence-electron chi connectivity index (χ4n) is 0.0781. The van der Waals surface area contributed by atoms with Crippen molar-refractivity contribution < 1.29 is 15.0 Å². The van der Waals surface area contributed by atoms with Gasteiger partial charge in [-0.2, -0.15) is 0 Å². The zero-order valence-electron chi connectivity index (χ0n) is 4.24. The van der Waals surface area contributed by atoms with E-state index in [0.29, 0.717) is 0 Å². The van der Waals surface area contributed by atoms with Gasteiger partial charge in [-0.15, -0.1) is 0 Å². The second-order valence-corrected chi connectivity index (χ2v) is 1.13. The minimum atomic E-state index is -1.18. The Kier molecular flexibility index (Phi) is 7.50. The van der Waals surface area contributed by atoms with Gasteiger partial charge in [0.2, 0.25) is 0 Å². The van der Waals surface area contributed by atoms with Gasteiger partial charge in [0.1, 0.15) is 6.04 Å². The fraction of sp³-hybridized carbons (Fsp3) is 0.667. The SMILES string of the molecule is N[C@@H](CO)C(=O)O.[In]. The van der Waals surface area contributed by atoms with Crippen LogP contribution in [-0.4, -0.2) is 54.7 Å². The van der Waals surface area contributed by atoms with E-state index in [-0.39, 0.29) is 25.8 Å². The minimum Gasteiger partial charge on any atom is -0.480 e. The largest absolute Gasteiger partial charge is 0.480 e. The number of aliphatic carboxylic acids is 1. The van der Waals surface area contributed by atoms with Crippen molar-refractivity contribution in [2.24, 2.45) is 5.73 Å². The first kappa shape index (κ1) is 11.1. The number of aliphatic hydroxyl groups is 1. The summed E-state index contributed by atoms with van der Waals surface area (Å²) in [6.45, 7) is -0.505. The predicted molar refractivity (Wildman–Crippen MR) is 28.5 cm³/mol. The molecule has 0 aromatic carbocycles. The quantitative estimate of drug-likeness (QED) is 0.503. The first-order valence-electron chi connectivity index (χ1n) is 1.77. The van der Waals surface area contributed by atoms with E-state index < -0.39 is 18.6 Å². The van der Waals surface area contributed by atoms with Crippen molar-refractivity contribution >= 4 is 31.8 Å². The Morgan fingerprint density at radius 2 is 2.12 bits per heavy atom. The van der Waals surface area contributed by atoms with Gasteiger partial charge >= 0.3 is 5.97 Å². The number of aliphatic hydroxyl groups excluding tert-OH is 1. The topological polar surface area (TPSA) is 83.5 Å². The molecule has 0 aliphatic carbocycles. The third-order valence-electron chi connectivity index (χ3n) is 0.514. The third-order valence-corrected chi connectivity index (χ3v) is 0.514. The molecule has 0 saturated carbocycles. The zero-order valence-corrected chi connectivity index (χ0v) is 7.54. The van der Waals surface area contributed by atoms with Crippen molar-refractivity contribution in [2.45, 2.75) is 6.04 Å². The molecule has 4 nitrogen and oxygen atoms in total. The van der Waals surface area contributed by atoms with Gasteiger partial charge < -0.3 is 15.9 Å². The van der Waals surface area contributed by atoms with Crippen LogP contribution < -0.4 is 5.73 Å². The minimum absolute atomic E-state index is 0. The Balaban J connectivity index is 0. The van der Waals surface area contributed by atoms with Crippen molar-refractivity contribution in [2.75, 3.05) is 6.61 Å². The van der Waals surface area contributed by atoms with Crippen LogP contribution in [-0.2, 0) is 4.79 Å². The second kappa shape index (κ2) is 5.40. The molecule has 0 aromatic rings. The molecule has 0 fully saturated rings. The summed E-state index contributed by atoms with van der Waals surface area (Å²) in [5.41, 5.74) is 4.77. The van der Waals surface area contributed by atoms with E-state index in [4.69, 9.17) is 15.9 Å². The van der Waals surface area contributed by atoms with Gasteiger partial charge in [0.15, 0.2) is 0 Å². The summed E-state index contributed by atoms with van der Waals surface area (Å²) in [5, 5.41) is 15.9. The number of hydrogen-bond donors (Lipinski definition) is 3. The van der Waals surface area contributed by atoms with E-state index in [0.717, 1.165) is 0 Å². The van der Waals surface area contributed by atoms with E-state index in [2.05, 4.69) is 0 Å². The second-order valence-electron chi connectivity index (χ2n) is 1.13. The number of carbonyl (C=O) groups is 1. The molecule has 4 N–H and O–H groups in total. The molecular formula is C3H7InNO3. The van der Waals surface area contributed by atoms with E-state index in [1.165, 1.54) is 0 Å². The van der Waals surface area contributed by atoms with Crippen LogP contribution in [0.3, 0.4) is 0 Å². The standard InChI is InChI=1S/C3H7NO3.In/c4-2(1-5)3(6)7;/h2,5H,1,4H2,(H,6,7);/t2-;/m0./s1. The normalized spacial score (nSPS) is 11.8. The molecule has 0 bridgehead atoms. The van der Waals surface area contributed by atoms with Crippen LogP contribution in [0.25, 0.3) is 0 Å². The van der Waals surface area contributed by atoms with Crippen LogP contribution in [0, 0.1) is 0 Å². The fourth-order valence-corrected chi connectivity index (χ4v) is 0.0781. The molecular weight excluding hydrogens is 213 g/mol.